The normalized spacial score (nSPS) is 11.1. The maximum Gasteiger partial charge on any atom is 0.398 e. The molecule has 2 aromatic carbocycles. The van der Waals surface area contributed by atoms with E-state index in [4.69, 9.17) is 9.68 Å². The number of quaternary nitrogens is 1. The fourth-order valence-corrected chi connectivity index (χ4v) is 2.35. The molecule has 0 spiro atoms. The Hall–Kier alpha value is -4.04. The number of carbonyl (C=O) groups excluding carboxylic acids is 2. The Morgan fingerprint density at radius 3 is 1.61 bits per heavy atom. The van der Waals surface area contributed by atoms with Crippen LogP contribution in [0.2, 0.25) is 0 Å². The van der Waals surface area contributed by atoms with Gasteiger partial charge in [0.25, 0.3) is 5.69 Å². The van der Waals surface area contributed by atoms with E-state index in [0.29, 0.717) is 5.69 Å². The summed E-state index contributed by atoms with van der Waals surface area (Å²) >= 11 is 0. The minimum absolute atomic E-state index is 0.0205. The molecule has 0 radical (unpaired) electrons. The van der Waals surface area contributed by atoms with Crippen LogP contribution < -0.4 is 4.81 Å². The fraction of sp³-hybridized carbons (Fsp3) is 0.130. The summed E-state index contributed by atoms with van der Waals surface area (Å²) in [6, 6.07) is 12.9. The Morgan fingerprint density at radius 1 is 0.871 bits per heavy atom. The van der Waals surface area contributed by atoms with Gasteiger partial charge in [0.2, 0.25) is 5.69 Å². The molecule has 0 aliphatic rings. The molecule has 0 aliphatic carbocycles. The molecule has 0 fully saturated rings. The Bertz CT molecular complexity index is 1020. The summed E-state index contributed by atoms with van der Waals surface area (Å²) < 4.78 is 0. The molecule has 160 valence electrons. The second-order valence-electron chi connectivity index (χ2n) is 6.94. The first kappa shape index (κ1) is 23.2. The summed E-state index contributed by atoms with van der Waals surface area (Å²) in [5.41, 5.74) is 2.31. The summed E-state index contributed by atoms with van der Waals surface area (Å²) in [5, 5.41) is 10.7. The third-order valence-electron chi connectivity index (χ3n) is 4.15. The van der Waals surface area contributed by atoms with Crippen molar-refractivity contribution in [2.24, 2.45) is 0 Å². The lowest BCUT2D eigenvalue weighted by Gasteiger charge is -2.26. The number of carbonyl (C=O) groups is 2. The number of nitro benzene ring substituents is 1. The van der Waals surface area contributed by atoms with Crippen molar-refractivity contribution in [2.75, 3.05) is 7.05 Å². The maximum atomic E-state index is 12.1. The molecule has 0 amide bonds. The molecule has 0 atom stereocenters. The van der Waals surface area contributed by atoms with Crippen LogP contribution in [0.15, 0.2) is 72.8 Å². The fourth-order valence-electron chi connectivity index (χ4n) is 2.35. The molecule has 8 heteroatoms. The topological polar surface area (TPSA) is 95.7 Å². The van der Waals surface area contributed by atoms with E-state index in [1.807, 2.05) is 6.08 Å². The third-order valence-corrected chi connectivity index (χ3v) is 4.15. The molecule has 2 rings (SSSR count). The minimum Gasteiger partial charge on any atom is -0.258 e. The predicted molar refractivity (Wildman–Crippen MR) is 118 cm³/mol. The number of hydrogen-bond donors (Lipinski definition) is 0. The van der Waals surface area contributed by atoms with E-state index < -0.39 is 21.7 Å². The smallest absolute Gasteiger partial charge is 0.258 e. The number of nitrogens with zero attached hydrogens (tertiary/aromatic N) is 2. The summed E-state index contributed by atoms with van der Waals surface area (Å²) in [6.07, 6.45) is 3.62. The largest absolute Gasteiger partial charge is 0.398 e. The van der Waals surface area contributed by atoms with Crippen LogP contribution in [0.5, 0.6) is 0 Å². The van der Waals surface area contributed by atoms with Crippen LogP contribution in [-0.2, 0) is 19.3 Å². The van der Waals surface area contributed by atoms with E-state index in [-0.39, 0.29) is 16.8 Å². The molecule has 0 N–H and O–H groups in total. The lowest BCUT2D eigenvalue weighted by molar-refractivity contribution is -0.384. The van der Waals surface area contributed by atoms with Gasteiger partial charge in [-0.05, 0) is 49.2 Å². The molecule has 0 unspecified atom stereocenters. The Morgan fingerprint density at radius 2 is 1.26 bits per heavy atom. The average molecular weight is 423 g/mol. The molecule has 0 aromatic heterocycles. The van der Waals surface area contributed by atoms with Gasteiger partial charge in [0.05, 0.1) is 9.73 Å². The SMILES string of the molecule is C=C(C)C(=O)O[N+](C)(OC(=O)C(=C)C)c1ccc(C=Cc2ccc([N+](=O)[O-])cc2)cc1. The molecule has 8 nitrogen and oxygen atoms in total. The van der Waals surface area contributed by atoms with Gasteiger partial charge in [0.15, 0.2) is 7.05 Å². The van der Waals surface area contributed by atoms with Crippen LogP contribution in [-0.4, -0.2) is 23.9 Å². The number of non-ortho nitro benzene ring substituents is 1. The minimum atomic E-state index is -0.871. The van der Waals surface area contributed by atoms with Crippen molar-refractivity contribution in [3.8, 4) is 0 Å². The zero-order valence-corrected chi connectivity index (χ0v) is 17.5. The van der Waals surface area contributed by atoms with Crippen LogP contribution in [0.3, 0.4) is 0 Å². The highest BCUT2D eigenvalue weighted by Gasteiger charge is 2.37. The molecule has 0 heterocycles. The quantitative estimate of drug-likeness (QED) is 0.199. The van der Waals surface area contributed by atoms with Crippen molar-refractivity contribution in [1.29, 1.82) is 0 Å². The average Bonchev–Trinajstić information content (AvgIpc) is 2.72. The number of benzene rings is 2. The van der Waals surface area contributed by atoms with Gasteiger partial charge in [0.1, 0.15) is 0 Å². The van der Waals surface area contributed by atoms with Crippen molar-refractivity contribution in [3.63, 3.8) is 0 Å². The van der Waals surface area contributed by atoms with Gasteiger partial charge in [0, 0.05) is 35.4 Å². The summed E-state index contributed by atoms with van der Waals surface area (Å²) in [4.78, 5) is 44.2. The number of hydrogen-bond acceptors (Lipinski definition) is 6. The van der Waals surface area contributed by atoms with E-state index in [2.05, 4.69) is 13.2 Å². The molecule has 0 aliphatic heterocycles. The van der Waals surface area contributed by atoms with E-state index in [0.717, 1.165) is 11.1 Å². The first-order chi connectivity index (χ1) is 14.5. The van der Waals surface area contributed by atoms with Crippen molar-refractivity contribution in [1.82, 2.24) is 4.81 Å². The molecule has 0 saturated heterocycles. The predicted octanol–water partition coefficient (Wildman–Crippen LogP) is 4.77. The van der Waals surface area contributed by atoms with Crippen LogP contribution in [0.4, 0.5) is 11.4 Å². The Labute approximate surface area is 180 Å². The molecular formula is C23H23N2O6+. The maximum absolute atomic E-state index is 12.1. The van der Waals surface area contributed by atoms with Gasteiger partial charge in [-0.2, -0.15) is 0 Å². The second-order valence-corrected chi connectivity index (χ2v) is 6.94. The number of nitro groups is 1. The van der Waals surface area contributed by atoms with E-state index in [9.17, 15) is 19.7 Å². The molecule has 2 aromatic rings. The summed E-state index contributed by atoms with van der Waals surface area (Å²) in [6.45, 7) is 10.1. The first-order valence-corrected chi connectivity index (χ1v) is 9.20. The second kappa shape index (κ2) is 9.64. The van der Waals surface area contributed by atoms with Gasteiger partial charge in [-0.1, -0.05) is 25.3 Å². The molecular weight excluding hydrogens is 400 g/mol. The highest BCUT2D eigenvalue weighted by atomic mass is 17.0. The Balaban J connectivity index is 2.25. The first-order valence-electron chi connectivity index (χ1n) is 9.20. The monoisotopic (exact) mass is 423 g/mol. The van der Waals surface area contributed by atoms with Gasteiger partial charge in [-0.3, -0.25) is 10.1 Å². The highest BCUT2D eigenvalue weighted by Crippen LogP contribution is 2.26. The molecule has 0 bridgehead atoms. The highest BCUT2D eigenvalue weighted by molar-refractivity contribution is 5.89. The van der Waals surface area contributed by atoms with E-state index >= 15 is 0 Å². The van der Waals surface area contributed by atoms with Crippen molar-refractivity contribution >= 4 is 35.5 Å². The van der Waals surface area contributed by atoms with Crippen LogP contribution in [0, 0.1) is 10.1 Å². The van der Waals surface area contributed by atoms with E-state index in [1.165, 1.54) is 33.0 Å². The summed E-state index contributed by atoms with van der Waals surface area (Å²) in [5.74, 6) is -1.45. The van der Waals surface area contributed by atoms with Crippen molar-refractivity contribution in [2.45, 2.75) is 13.8 Å². The van der Waals surface area contributed by atoms with Crippen LogP contribution in [0.1, 0.15) is 25.0 Å². The Kier molecular flexibility index (Phi) is 7.23. The number of hydroxylamine groups is 2. The lowest BCUT2D eigenvalue weighted by atomic mass is 10.1. The van der Waals surface area contributed by atoms with Crippen LogP contribution in [0.25, 0.3) is 12.2 Å². The lowest BCUT2D eigenvalue weighted by Crippen LogP contribution is -2.48. The van der Waals surface area contributed by atoms with Gasteiger partial charge < -0.3 is 0 Å². The standard InChI is InChI=1S/C23H23N2O6/c1-16(2)22(26)30-25(5,31-23(27)17(3)4)21-14-10-19(11-15-21)7-6-18-8-12-20(13-9-18)24(28)29/h6-15H,1,3H2,2,4-5H3/q+1. The van der Waals surface area contributed by atoms with Crippen molar-refractivity contribution in [3.05, 3.63) is 94.1 Å². The van der Waals surface area contributed by atoms with Gasteiger partial charge in [-0.25, -0.2) is 19.3 Å². The third kappa shape index (κ3) is 6.22. The van der Waals surface area contributed by atoms with E-state index in [1.54, 1.807) is 42.5 Å². The summed E-state index contributed by atoms with van der Waals surface area (Å²) in [7, 11) is 1.41. The number of rotatable bonds is 8. The zero-order valence-electron chi connectivity index (χ0n) is 17.5. The molecule has 31 heavy (non-hydrogen) atoms. The van der Waals surface area contributed by atoms with Gasteiger partial charge in [-0.15, -0.1) is 0 Å². The molecule has 0 saturated carbocycles. The zero-order chi connectivity index (χ0) is 23.2. The van der Waals surface area contributed by atoms with Gasteiger partial charge >= 0.3 is 11.9 Å². The van der Waals surface area contributed by atoms with Crippen molar-refractivity contribution < 1.29 is 24.2 Å². The van der Waals surface area contributed by atoms with Crippen LogP contribution >= 0.6 is 0 Å².